The van der Waals surface area contributed by atoms with Crippen LogP contribution >= 0.6 is 11.3 Å². The molecule has 0 bridgehead atoms. The van der Waals surface area contributed by atoms with E-state index in [1.165, 1.54) is 11.3 Å². The zero-order valence-electron chi connectivity index (χ0n) is 13.9. The molecule has 2 aromatic rings. The van der Waals surface area contributed by atoms with Crippen molar-refractivity contribution in [3.05, 3.63) is 58.3 Å². The van der Waals surface area contributed by atoms with Crippen LogP contribution in [0.15, 0.2) is 47.8 Å². The van der Waals surface area contributed by atoms with E-state index < -0.39 is 6.04 Å². The van der Waals surface area contributed by atoms with Crippen molar-refractivity contribution in [2.45, 2.75) is 31.4 Å². The minimum Gasteiger partial charge on any atom is -0.376 e. The van der Waals surface area contributed by atoms with Crippen LogP contribution in [-0.2, 0) is 16.0 Å². The molecule has 2 N–H and O–H groups in total. The summed E-state index contributed by atoms with van der Waals surface area (Å²) in [5.74, 6) is -0.396. The lowest BCUT2D eigenvalue weighted by Gasteiger charge is -2.19. The second-order valence-electron chi connectivity index (χ2n) is 6.07. The SMILES string of the molecule is O=C(NC(Cc1ccccc1)C(=O)NCC1CCCO1)c1cccs1. The van der Waals surface area contributed by atoms with Crippen molar-refractivity contribution in [1.29, 1.82) is 0 Å². The average molecular weight is 358 g/mol. The molecule has 2 heterocycles. The number of benzene rings is 1. The first-order chi connectivity index (χ1) is 12.2. The van der Waals surface area contributed by atoms with Gasteiger partial charge < -0.3 is 15.4 Å². The Hall–Kier alpha value is -2.18. The first kappa shape index (κ1) is 17.6. The molecule has 1 saturated heterocycles. The van der Waals surface area contributed by atoms with Crippen LogP contribution in [0.2, 0.25) is 0 Å². The van der Waals surface area contributed by atoms with Gasteiger partial charge >= 0.3 is 0 Å². The van der Waals surface area contributed by atoms with Crippen LogP contribution in [0.3, 0.4) is 0 Å². The highest BCUT2D eigenvalue weighted by atomic mass is 32.1. The highest BCUT2D eigenvalue weighted by Gasteiger charge is 2.24. The number of amides is 2. The molecule has 5 nitrogen and oxygen atoms in total. The zero-order valence-corrected chi connectivity index (χ0v) is 14.8. The van der Waals surface area contributed by atoms with Crippen LogP contribution in [0.1, 0.15) is 28.1 Å². The number of rotatable bonds is 7. The van der Waals surface area contributed by atoms with Gasteiger partial charge in [-0.2, -0.15) is 0 Å². The maximum absolute atomic E-state index is 12.6. The number of ether oxygens (including phenoxy) is 1. The Morgan fingerprint density at radius 1 is 1.20 bits per heavy atom. The van der Waals surface area contributed by atoms with Gasteiger partial charge in [-0.25, -0.2) is 0 Å². The molecule has 1 aliphatic rings. The summed E-state index contributed by atoms with van der Waals surface area (Å²) in [5, 5.41) is 7.63. The second-order valence-corrected chi connectivity index (χ2v) is 7.02. The van der Waals surface area contributed by atoms with Gasteiger partial charge in [0, 0.05) is 19.6 Å². The van der Waals surface area contributed by atoms with Gasteiger partial charge in [0.05, 0.1) is 11.0 Å². The molecule has 2 unspecified atom stereocenters. The van der Waals surface area contributed by atoms with Crippen molar-refractivity contribution in [3.63, 3.8) is 0 Å². The van der Waals surface area contributed by atoms with E-state index in [1.807, 2.05) is 41.8 Å². The maximum Gasteiger partial charge on any atom is 0.262 e. The average Bonchev–Trinajstić information content (AvgIpc) is 3.33. The lowest BCUT2D eigenvalue weighted by molar-refractivity contribution is -0.123. The van der Waals surface area contributed by atoms with Crippen LogP contribution in [-0.4, -0.2) is 37.1 Å². The molecule has 1 fully saturated rings. The number of carbonyl (C=O) groups is 2. The summed E-state index contributed by atoms with van der Waals surface area (Å²) in [6, 6.07) is 12.7. The van der Waals surface area contributed by atoms with Crippen LogP contribution in [0, 0.1) is 0 Å². The third kappa shape index (κ3) is 5.14. The Bertz CT molecular complexity index is 682. The highest BCUT2D eigenvalue weighted by molar-refractivity contribution is 7.12. The summed E-state index contributed by atoms with van der Waals surface area (Å²) < 4.78 is 5.54. The fraction of sp³-hybridized carbons (Fsp3) is 0.368. The number of hydrogen-bond donors (Lipinski definition) is 2. The summed E-state index contributed by atoms with van der Waals surface area (Å²) in [6.45, 7) is 1.24. The van der Waals surface area contributed by atoms with Crippen LogP contribution in [0.5, 0.6) is 0 Å². The Morgan fingerprint density at radius 3 is 2.72 bits per heavy atom. The quantitative estimate of drug-likeness (QED) is 0.799. The number of thiophene rings is 1. The second kappa shape index (κ2) is 8.78. The molecule has 3 rings (SSSR count). The lowest BCUT2D eigenvalue weighted by Crippen LogP contribution is -2.49. The summed E-state index contributed by atoms with van der Waals surface area (Å²) >= 11 is 1.36. The number of carbonyl (C=O) groups excluding carboxylic acids is 2. The normalized spacial score (nSPS) is 17.8. The third-order valence-electron chi connectivity index (χ3n) is 4.18. The molecule has 6 heteroatoms. The first-order valence-electron chi connectivity index (χ1n) is 8.50. The summed E-state index contributed by atoms with van der Waals surface area (Å²) in [4.78, 5) is 25.6. The van der Waals surface area contributed by atoms with Gasteiger partial charge in [0.1, 0.15) is 6.04 Å². The fourth-order valence-electron chi connectivity index (χ4n) is 2.84. The van der Waals surface area contributed by atoms with Gasteiger partial charge in [0.25, 0.3) is 5.91 Å². The van der Waals surface area contributed by atoms with Gasteiger partial charge in [-0.15, -0.1) is 11.3 Å². The van der Waals surface area contributed by atoms with Crippen molar-refractivity contribution >= 4 is 23.2 Å². The molecular formula is C19H22N2O3S. The Balaban J connectivity index is 1.64. The van der Waals surface area contributed by atoms with Crippen LogP contribution in [0.4, 0.5) is 0 Å². The van der Waals surface area contributed by atoms with E-state index in [2.05, 4.69) is 10.6 Å². The number of hydrogen-bond acceptors (Lipinski definition) is 4. The molecule has 2 amide bonds. The molecule has 0 radical (unpaired) electrons. The molecule has 0 saturated carbocycles. The zero-order chi connectivity index (χ0) is 17.5. The standard InChI is InChI=1S/C19H22N2O3S/c22-18(20-13-15-8-4-10-24-15)16(12-14-6-2-1-3-7-14)21-19(23)17-9-5-11-25-17/h1-3,5-7,9,11,15-16H,4,8,10,12-13H2,(H,20,22)(H,21,23). The molecule has 1 aromatic carbocycles. The third-order valence-corrected chi connectivity index (χ3v) is 5.05. The maximum atomic E-state index is 12.6. The topological polar surface area (TPSA) is 67.4 Å². The first-order valence-corrected chi connectivity index (χ1v) is 9.38. The van der Waals surface area contributed by atoms with Crippen molar-refractivity contribution in [2.24, 2.45) is 0 Å². The smallest absolute Gasteiger partial charge is 0.262 e. The predicted molar refractivity (Wildman–Crippen MR) is 97.7 cm³/mol. The molecular weight excluding hydrogens is 336 g/mol. The van der Waals surface area contributed by atoms with E-state index in [1.54, 1.807) is 6.07 Å². The fourth-order valence-corrected chi connectivity index (χ4v) is 3.47. The largest absolute Gasteiger partial charge is 0.376 e. The summed E-state index contributed by atoms with van der Waals surface area (Å²) in [6.07, 6.45) is 2.53. The van der Waals surface area contributed by atoms with Gasteiger partial charge in [0.15, 0.2) is 0 Å². The molecule has 2 atom stereocenters. The lowest BCUT2D eigenvalue weighted by atomic mass is 10.0. The van der Waals surface area contributed by atoms with Crippen LogP contribution in [0.25, 0.3) is 0 Å². The Kier molecular flexibility index (Phi) is 6.19. The molecule has 25 heavy (non-hydrogen) atoms. The number of nitrogens with one attached hydrogen (secondary N) is 2. The molecule has 0 aliphatic carbocycles. The molecule has 0 spiro atoms. The van der Waals surface area contributed by atoms with Crippen molar-refractivity contribution in [2.75, 3.05) is 13.2 Å². The Labute approximate surface area is 151 Å². The molecule has 1 aromatic heterocycles. The molecule has 1 aliphatic heterocycles. The van der Waals surface area contributed by atoms with Gasteiger partial charge in [-0.1, -0.05) is 36.4 Å². The highest BCUT2D eigenvalue weighted by Crippen LogP contribution is 2.12. The van der Waals surface area contributed by atoms with E-state index in [4.69, 9.17) is 4.74 Å². The van der Waals surface area contributed by atoms with E-state index in [0.29, 0.717) is 17.8 Å². The van der Waals surface area contributed by atoms with Gasteiger partial charge in [-0.05, 0) is 29.9 Å². The Morgan fingerprint density at radius 2 is 2.04 bits per heavy atom. The molecule has 132 valence electrons. The monoisotopic (exact) mass is 358 g/mol. The summed E-state index contributed by atoms with van der Waals surface area (Å²) in [7, 11) is 0. The van der Waals surface area contributed by atoms with Crippen molar-refractivity contribution < 1.29 is 14.3 Å². The van der Waals surface area contributed by atoms with E-state index in [9.17, 15) is 9.59 Å². The van der Waals surface area contributed by atoms with E-state index >= 15 is 0 Å². The summed E-state index contributed by atoms with van der Waals surface area (Å²) in [5.41, 5.74) is 1.01. The minimum atomic E-state index is -0.613. The minimum absolute atomic E-state index is 0.0781. The van der Waals surface area contributed by atoms with Crippen LogP contribution < -0.4 is 10.6 Å². The van der Waals surface area contributed by atoms with Crippen molar-refractivity contribution in [1.82, 2.24) is 10.6 Å². The van der Waals surface area contributed by atoms with Crippen molar-refractivity contribution in [3.8, 4) is 0 Å². The predicted octanol–water partition coefficient (Wildman–Crippen LogP) is 2.38. The van der Waals surface area contributed by atoms with Gasteiger partial charge in [0.2, 0.25) is 5.91 Å². The van der Waals surface area contributed by atoms with E-state index in [-0.39, 0.29) is 17.9 Å². The van der Waals surface area contributed by atoms with E-state index in [0.717, 1.165) is 25.0 Å². The van der Waals surface area contributed by atoms with Gasteiger partial charge in [-0.3, -0.25) is 9.59 Å².